The zero-order chi connectivity index (χ0) is 15.6. The molecule has 0 aliphatic rings. The first-order valence-corrected chi connectivity index (χ1v) is 7.87. The van der Waals surface area contributed by atoms with Crippen molar-refractivity contribution >= 4 is 21.6 Å². The third-order valence-electron chi connectivity index (χ3n) is 2.67. The van der Waals surface area contributed by atoms with E-state index in [1.165, 1.54) is 12.3 Å². The second-order valence-corrected chi connectivity index (χ2v) is 6.68. The number of halogens is 4. The second-order valence-electron chi connectivity index (χ2n) is 4.37. The van der Waals surface area contributed by atoms with Crippen LogP contribution in [0.25, 0.3) is 0 Å². The first-order chi connectivity index (χ1) is 9.11. The normalized spacial score (nSPS) is 13.2. The Bertz CT molecular complexity index is 555. The van der Waals surface area contributed by atoms with Crippen molar-refractivity contribution in [2.75, 3.05) is 13.6 Å². The van der Waals surface area contributed by atoms with Gasteiger partial charge in [0, 0.05) is 25.5 Å². The van der Waals surface area contributed by atoms with Crippen molar-refractivity contribution in [2.24, 2.45) is 0 Å². The summed E-state index contributed by atoms with van der Waals surface area (Å²) in [5.74, 6) is 0.0957. The maximum Gasteiger partial charge on any atom is 0.402 e. The zero-order valence-electron chi connectivity index (χ0n) is 11.1. The Balaban J connectivity index is 3.09. The molecule has 1 aromatic heterocycles. The van der Waals surface area contributed by atoms with E-state index in [4.69, 9.17) is 11.6 Å². The second kappa shape index (κ2) is 6.36. The highest BCUT2D eigenvalue weighted by molar-refractivity contribution is 7.89. The first-order valence-electron chi connectivity index (χ1n) is 5.90. The number of aryl methyl sites for hydroxylation is 1. The molecule has 9 heteroatoms. The van der Waals surface area contributed by atoms with Crippen molar-refractivity contribution in [1.82, 2.24) is 8.87 Å². The maximum atomic E-state index is 12.3. The van der Waals surface area contributed by atoms with Crippen LogP contribution in [0.2, 0.25) is 0 Å². The van der Waals surface area contributed by atoms with Crippen LogP contribution in [0.15, 0.2) is 17.2 Å². The summed E-state index contributed by atoms with van der Waals surface area (Å²) in [6, 6.07) is 1.31. The van der Waals surface area contributed by atoms with Gasteiger partial charge in [-0.25, -0.2) is 8.42 Å². The molecule has 0 aromatic carbocycles. The molecule has 1 aromatic rings. The molecule has 1 rings (SSSR count). The van der Waals surface area contributed by atoms with Crippen LogP contribution in [-0.4, -0.2) is 37.1 Å². The van der Waals surface area contributed by atoms with Gasteiger partial charge in [-0.3, -0.25) is 0 Å². The third-order valence-corrected chi connectivity index (χ3v) is 4.71. The van der Waals surface area contributed by atoms with Crippen molar-refractivity contribution in [3.8, 4) is 0 Å². The summed E-state index contributed by atoms with van der Waals surface area (Å²) in [7, 11) is -3.27. The van der Waals surface area contributed by atoms with E-state index in [0.717, 1.165) is 13.5 Å². The van der Waals surface area contributed by atoms with Crippen molar-refractivity contribution in [2.45, 2.75) is 36.8 Å². The van der Waals surface area contributed by atoms with E-state index < -0.39 is 22.7 Å². The van der Waals surface area contributed by atoms with Crippen LogP contribution in [0.1, 0.15) is 19.0 Å². The first kappa shape index (κ1) is 17.3. The molecular weight excluding hydrogens is 317 g/mol. The monoisotopic (exact) mass is 332 g/mol. The zero-order valence-corrected chi connectivity index (χ0v) is 12.7. The Labute approximate surface area is 121 Å². The number of sulfonamides is 1. The Morgan fingerprint density at radius 1 is 1.40 bits per heavy atom. The van der Waals surface area contributed by atoms with Crippen LogP contribution in [0.3, 0.4) is 0 Å². The Morgan fingerprint density at radius 3 is 2.45 bits per heavy atom. The largest absolute Gasteiger partial charge is 0.402 e. The number of aromatic nitrogens is 1. The van der Waals surface area contributed by atoms with Gasteiger partial charge < -0.3 is 4.57 Å². The van der Waals surface area contributed by atoms with Crippen LogP contribution >= 0.6 is 11.6 Å². The summed E-state index contributed by atoms with van der Waals surface area (Å²) >= 11 is 5.71. The lowest BCUT2D eigenvalue weighted by molar-refractivity contribution is -0.134. The average Bonchev–Trinajstić information content (AvgIpc) is 2.71. The van der Waals surface area contributed by atoms with E-state index in [9.17, 15) is 21.6 Å². The fourth-order valence-electron chi connectivity index (χ4n) is 1.74. The van der Waals surface area contributed by atoms with Crippen LogP contribution in [-0.2, 0) is 22.4 Å². The molecule has 0 saturated heterocycles. The topological polar surface area (TPSA) is 42.3 Å². The minimum absolute atomic E-state index is 0.0957. The molecule has 0 aliphatic heterocycles. The number of hydrogen-bond donors (Lipinski definition) is 0. The van der Waals surface area contributed by atoms with Gasteiger partial charge in [0.1, 0.15) is 11.4 Å². The minimum atomic E-state index is -4.58. The van der Waals surface area contributed by atoms with Crippen molar-refractivity contribution in [3.63, 3.8) is 0 Å². The summed E-state index contributed by atoms with van der Waals surface area (Å²) in [5.41, 5.74) is 0.563. The molecule has 0 radical (unpaired) electrons. The van der Waals surface area contributed by atoms with Crippen molar-refractivity contribution in [3.05, 3.63) is 18.0 Å². The number of nitrogens with zero attached hydrogens (tertiary/aromatic N) is 2. The number of hydrogen-bond acceptors (Lipinski definition) is 2. The molecule has 0 bridgehead atoms. The van der Waals surface area contributed by atoms with E-state index in [1.54, 1.807) is 4.57 Å². The van der Waals surface area contributed by atoms with E-state index in [1.807, 2.05) is 6.92 Å². The fraction of sp³-hybridized carbons (Fsp3) is 0.636. The molecule has 1 heterocycles. The van der Waals surface area contributed by atoms with Gasteiger partial charge in [0.05, 0.1) is 5.88 Å². The maximum absolute atomic E-state index is 12.3. The summed E-state index contributed by atoms with van der Waals surface area (Å²) in [6.45, 7) is 0.938. The standard InChI is InChI=1S/C11H16ClF3N2O2S/c1-3-4-17-7-10(5-9(17)6-12)20(18,19)16(2)8-11(13,14)15/h5,7H,3-4,6,8H2,1-2H3. The molecule has 20 heavy (non-hydrogen) atoms. The summed E-state index contributed by atoms with van der Waals surface area (Å²) in [6.07, 6.45) is -2.50. The average molecular weight is 333 g/mol. The smallest absolute Gasteiger partial charge is 0.349 e. The van der Waals surface area contributed by atoms with E-state index in [-0.39, 0.29) is 15.1 Å². The fourth-order valence-corrected chi connectivity index (χ4v) is 3.20. The highest BCUT2D eigenvalue weighted by atomic mass is 35.5. The molecule has 0 spiro atoms. The Hall–Kier alpha value is -0.730. The lowest BCUT2D eigenvalue weighted by atomic mass is 10.4. The van der Waals surface area contributed by atoms with Gasteiger partial charge in [-0.15, -0.1) is 11.6 Å². The summed E-state index contributed by atoms with van der Waals surface area (Å²) < 4.78 is 62.9. The van der Waals surface area contributed by atoms with Gasteiger partial charge in [-0.1, -0.05) is 6.92 Å². The molecule has 0 atom stereocenters. The molecule has 116 valence electrons. The van der Waals surface area contributed by atoms with Crippen molar-refractivity contribution < 1.29 is 21.6 Å². The predicted molar refractivity (Wildman–Crippen MR) is 70.2 cm³/mol. The van der Waals surface area contributed by atoms with Crippen LogP contribution in [0.5, 0.6) is 0 Å². The van der Waals surface area contributed by atoms with Crippen LogP contribution in [0.4, 0.5) is 13.2 Å². The van der Waals surface area contributed by atoms with E-state index >= 15 is 0 Å². The van der Waals surface area contributed by atoms with Crippen LogP contribution in [0, 0.1) is 0 Å². The molecule has 0 saturated carbocycles. The highest BCUT2D eigenvalue weighted by Gasteiger charge is 2.35. The third kappa shape index (κ3) is 4.13. The lowest BCUT2D eigenvalue weighted by Gasteiger charge is -2.17. The van der Waals surface area contributed by atoms with Crippen molar-refractivity contribution in [1.29, 1.82) is 0 Å². The molecule has 0 amide bonds. The number of alkyl halides is 4. The Morgan fingerprint density at radius 2 is 2.00 bits per heavy atom. The van der Waals surface area contributed by atoms with Gasteiger partial charge in [0.2, 0.25) is 10.0 Å². The molecule has 0 unspecified atom stereocenters. The predicted octanol–water partition coefficient (Wildman–Crippen LogP) is 2.82. The quantitative estimate of drug-likeness (QED) is 0.752. The lowest BCUT2D eigenvalue weighted by Crippen LogP contribution is -2.35. The molecular formula is C11H16ClF3N2O2S. The molecule has 0 N–H and O–H groups in total. The van der Waals surface area contributed by atoms with Crippen LogP contribution < -0.4 is 0 Å². The SMILES string of the molecule is CCCn1cc(S(=O)(=O)N(C)CC(F)(F)F)cc1CCl. The van der Waals surface area contributed by atoms with E-state index in [2.05, 4.69) is 0 Å². The van der Waals surface area contributed by atoms with E-state index in [0.29, 0.717) is 12.2 Å². The molecule has 0 aliphatic carbocycles. The highest BCUT2D eigenvalue weighted by Crippen LogP contribution is 2.23. The Kier molecular flexibility index (Phi) is 5.51. The summed E-state index contributed by atoms with van der Waals surface area (Å²) in [4.78, 5) is -0.173. The van der Waals surface area contributed by atoms with Gasteiger partial charge >= 0.3 is 6.18 Å². The van der Waals surface area contributed by atoms with Gasteiger partial charge in [0.25, 0.3) is 0 Å². The minimum Gasteiger partial charge on any atom is -0.349 e. The van der Waals surface area contributed by atoms with Gasteiger partial charge in [-0.05, 0) is 12.5 Å². The summed E-state index contributed by atoms with van der Waals surface area (Å²) in [5, 5.41) is 0. The van der Waals surface area contributed by atoms with Gasteiger partial charge in [0.15, 0.2) is 0 Å². The number of rotatable bonds is 6. The van der Waals surface area contributed by atoms with Gasteiger partial charge in [-0.2, -0.15) is 17.5 Å². The molecule has 4 nitrogen and oxygen atoms in total. The molecule has 0 fully saturated rings.